The molecule has 1 fully saturated rings. The Morgan fingerprint density at radius 1 is 0.931 bits per heavy atom. The zero-order valence-electron chi connectivity index (χ0n) is 16.2. The van der Waals surface area contributed by atoms with Crippen LogP contribution in [-0.2, 0) is 19.7 Å². The molecule has 150 valence electrons. The van der Waals surface area contributed by atoms with E-state index in [1.54, 1.807) is 48.5 Å². The van der Waals surface area contributed by atoms with Gasteiger partial charge in [-0.15, -0.1) is 0 Å². The van der Waals surface area contributed by atoms with Gasteiger partial charge in [-0.05, 0) is 5.56 Å². The molecule has 4 rings (SSSR count). The summed E-state index contributed by atoms with van der Waals surface area (Å²) in [6.45, 7) is 3.51. The molecular formula is C23H24NO5+. The number of carbonyl (C=O) groups is 3. The van der Waals surface area contributed by atoms with Gasteiger partial charge in [0.25, 0.3) is 0 Å². The standard InChI is InChI=1S/C23H23NO5/c25-20(10-11-24-12-14-28-15-13-24)29-16-23(17-6-2-1-3-7-17)21(26)18-8-4-5-9-19(18)22(23)27/h1-9H,10-16H2/p+1. The number of fused-ring (bicyclic) bond motifs is 1. The predicted octanol–water partition coefficient (Wildman–Crippen LogP) is 0.852. The largest absolute Gasteiger partial charge is 0.464 e. The highest BCUT2D eigenvalue weighted by atomic mass is 16.5. The summed E-state index contributed by atoms with van der Waals surface area (Å²) in [6.07, 6.45) is 0.246. The molecule has 0 unspecified atom stereocenters. The van der Waals surface area contributed by atoms with Crippen LogP contribution in [0.25, 0.3) is 0 Å². The van der Waals surface area contributed by atoms with Crippen molar-refractivity contribution >= 4 is 17.5 Å². The van der Waals surface area contributed by atoms with Crippen molar-refractivity contribution in [1.82, 2.24) is 0 Å². The van der Waals surface area contributed by atoms with E-state index in [0.29, 0.717) is 36.4 Å². The summed E-state index contributed by atoms with van der Waals surface area (Å²) in [7, 11) is 0. The summed E-state index contributed by atoms with van der Waals surface area (Å²) < 4.78 is 10.8. The molecule has 1 aliphatic heterocycles. The minimum absolute atomic E-state index is 0.246. The van der Waals surface area contributed by atoms with Crippen LogP contribution in [0.2, 0.25) is 0 Å². The van der Waals surface area contributed by atoms with Gasteiger partial charge in [0.05, 0.1) is 26.2 Å². The van der Waals surface area contributed by atoms with Crippen LogP contribution in [0.5, 0.6) is 0 Å². The van der Waals surface area contributed by atoms with Crippen LogP contribution in [0, 0.1) is 0 Å². The van der Waals surface area contributed by atoms with Gasteiger partial charge in [0.2, 0.25) is 0 Å². The van der Waals surface area contributed by atoms with Gasteiger partial charge < -0.3 is 14.4 Å². The Bertz CT molecular complexity index is 883. The molecule has 0 aromatic heterocycles. The van der Waals surface area contributed by atoms with E-state index in [2.05, 4.69) is 0 Å². The second kappa shape index (κ2) is 8.27. The lowest BCUT2D eigenvalue weighted by atomic mass is 9.76. The molecule has 1 heterocycles. The number of morpholine rings is 1. The van der Waals surface area contributed by atoms with Crippen molar-refractivity contribution in [2.45, 2.75) is 11.8 Å². The van der Waals surface area contributed by atoms with Crippen molar-refractivity contribution in [2.75, 3.05) is 39.5 Å². The Labute approximate surface area is 169 Å². The first kappa shape index (κ1) is 19.5. The van der Waals surface area contributed by atoms with Gasteiger partial charge in [-0.3, -0.25) is 14.4 Å². The average Bonchev–Trinajstić information content (AvgIpc) is 3.00. The van der Waals surface area contributed by atoms with Crippen molar-refractivity contribution < 1.29 is 28.8 Å². The Balaban J connectivity index is 1.53. The molecule has 0 radical (unpaired) electrons. The molecule has 2 aromatic rings. The molecule has 2 aliphatic rings. The molecule has 6 nitrogen and oxygen atoms in total. The van der Waals surface area contributed by atoms with Gasteiger partial charge in [0, 0.05) is 11.1 Å². The molecule has 29 heavy (non-hydrogen) atoms. The second-order valence-electron chi connectivity index (χ2n) is 7.50. The summed E-state index contributed by atoms with van der Waals surface area (Å²) in [6, 6.07) is 15.7. The Kier molecular flexibility index (Phi) is 5.56. The van der Waals surface area contributed by atoms with Gasteiger partial charge in [-0.25, -0.2) is 0 Å². The number of hydrogen-bond donors (Lipinski definition) is 1. The highest BCUT2D eigenvalue weighted by molar-refractivity contribution is 6.33. The first-order valence-electron chi connectivity index (χ1n) is 9.94. The lowest BCUT2D eigenvalue weighted by Crippen LogP contribution is -3.14. The third-order valence-corrected chi connectivity index (χ3v) is 5.79. The number of ketones is 2. The van der Waals surface area contributed by atoms with E-state index in [9.17, 15) is 14.4 Å². The van der Waals surface area contributed by atoms with Crippen molar-refractivity contribution in [2.24, 2.45) is 0 Å². The van der Waals surface area contributed by atoms with Crippen molar-refractivity contribution in [1.29, 1.82) is 0 Å². The Morgan fingerprint density at radius 3 is 2.14 bits per heavy atom. The molecule has 0 atom stereocenters. The summed E-state index contributed by atoms with van der Waals surface area (Å²) in [5.41, 5.74) is -0.185. The SMILES string of the molecule is O=C(CC[NH+]1CCOCC1)OCC1(c2ccccc2)C(=O)c2ccccc2C1=O. The van der Waals surface area contributed by atoms with Crippen LogP contribution < -0.4 is 4.90 Å². The van der Waals surface area contributed by atoms with Crippen LogP contribution in [0.4, 0.5) is 0 Å². The maximum Gasteiger partial charge on any atom is 0.311 e. The zero-order chi connectivity index (χ0) is 20.3. The Hall–Kier alpha value is -2.83. The number of quaternary nitrogens is 1. The highest BCUT2D eigenvalue weighted by Gasteiger charge is 2.55. The number of esters is 1. The Morgan fingerprint density at radius 2 is 1.52 bits per heavy atom. The average molecular weight is 394 g/mol. The fourth-order valence-electron chi connectivity index (χ4n) is 4.09. The highest BCUT2D eigenvalue weighted by Crippen LogP contribution is 2.40. The molecule has 0 amide bonds. The van der Waals surface area contributed by atoms with Crippen molar-refractivity contribution in [3.05, 3.63) is 71.3 Å². The van der Waals surface area contributed by atoms with Gasteiger partial charge in [-0.1, -0.05) is 54.6 Å². The van der Waals surface area contributed by atoms with E-state index in [0.717, 1.165) is 13.1 Å². The second-order valence-corrected chi connectivity index (χ2v) is 7.50. The monoisotopic (exact) mass is 394 g/mol. The van der Waals surface area contributed by atoms with Gasteiger partial charge >= 0.3 is 5.97 Å². The van der Waals surface area contributed by atoms with E-state index in [1.165, 1.54) is 4.90 Å². The molecule has 0 spiro atoms. The molecule has 1 saturated heterocycles. The lowest BCUT2D eigenvalue weighted by Gasteiger charge is -2.26. The zero-order valence-corrected chi connectivity index (χ0v) is 16.2. The van der Waals surface area contributed by atoms with Crippen molar-refractivity contribution in [3.8, 4) is 0 Å². The van der Waals surface area contributed by atoms with E-state index < -0.39 is 11.4 Å². The number of ether oxygens (including phenoxy) is 2. The summed E-state index contributed by atoms with van der Waals surface area (Å²) in [5.74, 6) is -1.01. The summed E-state index contributed by atoms with van der Waals surface area (Å²) in [4.78, 5) is 40.3. The van der Waals surface area contributed by atoms with E-state index in [-0.39, 0.29) is 24.6 Å². The summed E-state index contributed by atoms with van der Waals surface area (Å²) >= 11 is 0. The third kappa shape index (κ3) is 3.61. The normalized spacial score (nSPS) is 18.5. The number of carbonyl (C=O) groups excluding carboxylic acids is 3. The van der Waals surface area contributed by atoms with Gasteiger partial charge in [0.15, 0.2) is 17.0 Å². The third-order valence-electron chi connectivity index (χ3n) is 5.79. The first-order valence-corrected chi connectivity index (χ1v) is 9.94. The molecule has 1 aliphatic carbocycles. The van der Waals surface area contributed by atoms with E-state index in [4.69, 9.17) is 9.47 Å². The minimum Gasteiger partial charge on any atom is -0.464 e. The smallest absolute Gasteiger partial charge is 0.311 e. The lowest BCUT2D eigenvalue weighted by molar-refractivity contribution is -0.907. The van der Waals surface area contributed by atoms with Gasteiger partial charge in [0.1, 0.15) is 19.7 Å². The topological polar surface area (TPSA) is 74.1 Å². The number of rotatable bonds is 6. The number of benzene rings is 2. The predicted molar refractivity (Wildman–Crippen MR) is 105 cm³/mol. The van der Waals surface area contributed by atoms with Crippen LogP contribution in [0.1, 0.15) is 32.7 Å². The number of Topliss-reactive ketones (excluding diaryl/α,β-unsaturated/α-hetero) is 2. The van der Waals surface area contributed by atoms with Crippen LogP contribution >= 0.6 is 0 Å². The molecular weight excluding hydrogens is 370 g/mol. The first-order chi connectivity index (χ1) is 14.1. The fourth-order valence-corrected chi connectivity index (χ4v) is 4.09. The molecule has 2 aromatic carbocycles. The van der Waals surface area contributed by atoms with Crippen LogP contribution in [0.15, 0.2) is 54.6 Å². The van der Waals surface area contributed by atoms with E-state index >= 15 is 0 Å². The van der Waals surface area contributed by atoms with Crippen LogP contribution in [0.3, 0.4) is 0 Å². The molecule has 6 heteroatoms. The maximum absolute atomic E-state index is 13.3. The quantitative estimate of drug-likeness (QED) is 0.581. The van der Waals surface area contributed by atoms with E-state index in [1.807, 2.05) is 6.07 Å². The molecule has 0 bridgehead atoms. The maximum atomic E-state index is 13.3. The van der Waals surface area contributed by atoms with Crippen molar-refractivity contribution in [3.63, 3.8) is 0 Å². The molecule has 1 N–H and O–H groups in total. The summed E-state index contributed by atoms with van der Waals surface area (Å²) in [5, 5.41) is 0. The number of nitrogens with one attached hydrogen (secondary N) is 1. The fraction of sp³-hybridized carbons (Fsp3) is 0.348. The number of hydrogen-bond acceptors (Lipinski definition) is 5. The minimum atomic E-state index is -1.51. The van der Waals surface area contributed by atoms with Crippen LogP contribution in [-0.4, -0.2) is 57.0 Å². The molecule has 0 saturated carbocycles. The van der Waals surface area contributed by atoms with Gasteiger partial charge in [-0.2, -0.15) is 0 Å².